The Labute approximate surface area is 112 Å². The highest BCUT2D eigenvalue weighted by Crippen LogP contribution is 1.99. The molecule has 19 heavy (non-hydrogen) atoms. The van der Waals surface area contributed by atoms with Crippen molar-refractivity contribution >= 4 is 6.03 Å². The number of carbonyl (C=O) groups is 1. The van der Waals surface area contributed by atoms with Crippen LogP contribution in [0.5, 0.6) is 0 Å². The maximum absolute atomic E-state index is 11.6. The first-order valence-electron chi connectivity index (χ1n) is 6.21. The summed E-state index contributed by atoms with van der Waals surface area (Å²) in [5.41, 5.74) is 3.03. The predicted octanol–water partition coefficient (Wildman–Crippen LogP) is 2.39. The number of amides is 2. The fourth-order valence-corrected chi connectivity index (χ4v) is 1.63. The number of carbonyl (C=O) groups excluding carboxylic acids is 1. The van der Waals surface area contributed by atoms with Gasteiger partial charge in [0.25, 0.3) is 0 Å². The van der Waals surface area contributed by atoms with Gasteiger partial charge in [0.05, 0.1) is 0 Å². The Hall–Kier alpha value is -2.36. The lowest BCUT2D eigenvalue weighted by Crippen LogP contribution is -2.34. The van der Waals surface area contributed by atoms with Gasteiger partial charge in [0.2, 0.25) is 0 Å². The Morgan fingerprint density at radius 2 is 1.68 bits per heavy atom. The minimum Gasteiger partial charge on any atom is -0.334 e. The van der Waals surface area contributed by atoms with Crippen molar-refractivity contribution in [2.75, 3.05) is 0 Å². The normalized spacial score (nSPS) is 9.95. The maximum Gasteiger partial charge on any atom is 0.315 e. The monoisotopic (exact) mass is 255 g/mol. The highest BCUT2D eigenvalue weighted by Gasteiger charge is 2.00. The molecular weight excluding hydrogens is 238 g/mol. The molecule has 1 heterocycles. The molecule has 0 aliphatic rings. The molecule has 2 rings (SSSR count). The smallest absolute Gasteiger partial charge is 0.315 e. The van der Waals surface area contributed by atoms with Crippen LogP contribution in [0, 0.1) is 6.92 Å². The molecule has 0 spiro atoms. The minimum atomic E-state index is -0.176. The summed E-state index contributed by atoms with van der Waals surface area (Å²) >= 11 is 0. The summed E-state index contributed by atoms with van der Waals surface area (Å²) in [4.78, 5) is 15.8. The summed E-state index contributed by atoms with van der Waals surface area (Å²) in [5, 5.41) is 5.61. The molecule has 0 aliphatic heterocycles. The Morgan fingerprint density at radius 3 is 2.32 bits per heavy atom. The van der Waals surface area contributed by atoms with Gasteiger partial charge in [-0.3, -0.25) is 4.98 Å². The minimum absolute atomic E-state index is 0.176. The molecule has 2 amide bonds. The fourth-order valence-electron chi connectivity index (χ4n) is 1.63. The van der Waals surface area contributed by atoms with Crippen LogP contribution in [0.3, 0.4) is 0 Å². The van der Waals surface area contributed by atoms with E-state index in [0.717, 1.165) is 16.8 Å². The van der Waals surface area contributed by atoms with Gasteiger partial charge in [-0.25, -0.2) is 4.79 Å². The number of nitrogens with one attached hydrogen (secondary N) is 2. The standard InChI is InChI=1S/C15H17N3O/c1-12-7-8-14(10-16-12)11-18-15(19)17-9-13-5-3-2-4-6-13/h2-8,10H,9,11H2,1H3,(H2,17,18,19). The molecule has 0 aliphatic carbocycles. The summed E-state index contributed by atoms with van der Waals surface area (Å²) in [5.74, 6) is 0. The lowest BCUT2D eigenvalue weighted by atomic mass is 10.2. The fraction of sp³-hybridized carbons (Fsp3) is 0.200. The number of aromatic nitrogens is 1. The van der Waals surface area contributed by atoms with E-state index >= 15 is 0 Å². The number of nitrogens with zero attached hydrogens (tertiary/aromatic N) is 1. The quantitative estimate of drug-likeness (QED) is 0.881. The molecule has 4 nitrogen and oxygen atoms in total. The first-order chi connectivity index (χ1) is 9.24. The van der Waals surface area contributed by atoms with Crippen molar-refractivity contribution in [1.29, 1.82) is 0 Å². The van der Waals surface area contributed by atoms with E-state index < -0.39 is 0 Å². The summed E-state index contributed by atoms with van der Waals surface area (Å²) in [6.45, 7) is 2.94. The van der Waals surface area contributed by atoms with Crippen molar-refractivity contribution in [2.24, 2.45) is 0 Å². The zero-order chi connectivity index (χ0) is 13.5. The highest BCUT2D eigenvalue weighted by atomic mass is 16.2. The van der Waals surface area contributed by atoms with E-state index in [0.29, 0.717) is 13.1 Å². The van der Waals surface area contributed by atoms with Crippen molar-refractivity contribution in [3.8, 4) is 0 Å². The Morgan fingerprint density at radius 1 is 1.00 bits per heavy atom. The van der Waals surface area contributed by atoms with Crippen LogP contribution >= 0.6 is 0 Å². The first kappa shape index (κ1) is 13.1. The summed E-state index contributed by atoms with van der Waals surface area (Å²) in [7, 11) is 0. The number of urea groups is 1. The molecule has 0 saturated carbocycles. The average Bonchev–Trinajstić information content (AvgIpc) is 2.45. The third-order valence-corrected chi connectivity index (χ3v) is 2.72. The molecule has 0 saturated heterocycles. The van der Waals surface area contributed by atoms with E-state index in [2.05, 4.69) is 15.6 Å². The molecule has 98 valence electrons. The van der Waals surface area contributed by atoms with Crippen molar-refractivity contribution in [3.05, 3.63) is 65.5 Å². The second-order valence-electron chi connectivity index (χ2n) is 4.33. The van der Waals surface area contributed by atoms with Crippen molar-refractivity contribution in [2.45, 2.75) is 20.0 Å². The SMILES string of the molecule is Cc1ccc(CNC(=O)NCc2ccccc2)cn1. The van der Waals surface area contributed by atoms with Crippen LogP contribution < -0.4 is 10.6 Å². The molecule has 0 radical (unpaired) electrons. The van der Waals surface area contributed by atoms with Crippen molar-refractivity contribution < 1.29 is 4.79 Å². The third kappa shape index (κ3) is 4.43. The van der Waals surface area contributed by atoms with Gasteiger partial charge in [0.1, 0.15) is 0 Å². The third-order valence-electron chi connectivity index (χ3n) is 2.72. The molecule has 0 unspecified atom stereocenters. The number of aryl methyl sites for hydroxylation is 1. The lowest BCUT2D eigenvalue weighted by Gasteiger charge is -2.07. The van der Waals surface area contributed by atoms with Crippen LogP contribution in [-0.4, -0.2) is 11.0 Å². The zero-order valence-electron chi connectivity index (χ0n) is 10.9. The molecule has 0 bridgehead atoms. The van der Waals surface area contributed by atoms with Crippen LogP contribution in [0.15, 0.2) is 48.7 Å². The van der Waals surface area contributed by atoms with E-state index in [9.17, 15) is 4.79 Å². The maximum atomic E-state index is 11.6. The molecule has 4 heteroatoms. The second kappa shape index (κ2) is 6.54. The van der Waals surface area contributed by atoms with E-state index in [4.69, 9.17) is 0 Å². The van der Waals surface area contributed by atoms with Gasteiger partial charge < -0.3 is 10.6 Å². The largest absolute Gasteiger partial charge is 0.334 e. The molecule has 1 aromatic heterocycles. The lowest BCUT2D eigenvalue weighted by molar-refractivity contribution is 0.240. The second-order valence-corrected chi connectivity index (χ2v) is 4.33. The summed E-state index contributed by atoms with van der Waals surface area (Å²) < 4.78 is 0. The molecule has 1 aromatic carbocycles. The summed E-state index contributed by atoms with van der Waals surface area (Å²) in [6.07, 6.45) is 1.77. The number of benzene rings is 1. The van der Waals surface area contributed by atoms with Gasteiger partial charge >= 0.3 is 6.03 Å². The van der Waals surface area contributed by atoms with Gasteiger partial charge in [-0.15, -0.1) is 0 Å². The van der Waals surface area contributed by atoms with Gasteiger partial charge in [0, 0.05) is 25.0 Å². The number of pyridine rings is 1. The van der Waals surface area contributed by atoms with Crippen LogP contribution in [-0.2, 0) is 13.1 Å². The topological polar surface area (TPSA) is 54.0 Å². The van der Waals surface area contributed by atoms with E-state index in [-0.39, 0.29) is 6.03 Å². The van der Waals surface area contributed by atoms with Crippen LogP contribution in [0.2, 0.25) is 0 Å². The molecule has 2 N–H and O–H groups in total. The van der Waals surface area contributed by atoms with Crippen molar-refractivity contribution in [3.63, 3.8) is 0 Å². The van der Waals surface area contributed by atoms with Gasteiger partial charge in [0.15, 0.2) is 0 Å². The van der Waals surface area contributed by atoms with Crippen molar-refractivity contribution in [1.82, 2.24) is 15.6 Å². The van der Waals surface area contributed by atoms with E-state index in [1.165, 1.54) is 0 Å². The number of hydrogen-bond acceptors (Lipinski definition) is 2. The van der Waals surface area contributed by atoms with Gasteiger partial charge in [-0.1, -0.05) is 36.4 Å². The molecular formula is C15H17N3O. The van der Waals surface area contributed by atoms with Crippen LogP contribution in [0.25, 0.3) is 0 Å². The Balaban J connectivity index is 1.74. The van der Waals surface area contributed by atoms with Crippen LogP contribution in [0.1, 0.15) is 16.8 Å². The predicted molar refractivity (Wildman–Crippen MR) is 74.5 cm³/mol. The number of rotatable bonds is 4. The van der Waals surface area contributed by atoms with Crippen LogP contribution in [0.4, 0.5) is 4.79 Å². The first-order valence-corrected chi connectivity index (χ1v) is 6.21. The molecule has 0 atom stereocenters. The number of hydrogen-bond donors (Lipinski definition) is 2. The van der Waals surface area contributed by atoms with Gasteiger partial charge in [-0.2, -0.15) is 0 Å². The van der Waals surface area contributed by atoms with E-state index in [1.807, 2.05) is 49.4 Å². The molecule has 0 fully saturated rings. The Kier molecular flexibility index (Phi) is 4.50. The molecule has 2 aromatic rings. The summed E-state index contributed by atoms with van der Waals surface area (Å²) in [6, 6.07) is 13.5. The average molecular weight is 255 g/mol. The van der Waals surface area contributed by atoms with Gasteiger partial charge in [-0.05, 0) is 24.1 Å². The zero-order valence-corrected chi connectivity index (χ0v) is 10.9. The highest BCUT2D eigenvalue weighted by molar-refractivity contribution is 5.73. The van der Waals surface area contributed by atoms with E-state index in [1.54, 1.807) is 6.20 Å². The Bertz CT molecular complexity index is 523.